The molecule has 0 radical (unpaired) electrons. The summed E-state index contributed by atoms with van der Waals surface area (Å²) < 4.78 is 0. The minimum Gasteiger partial charge on any atom is -0.394 e. The fourth-order valence-electron chi connectivity index (χ4n) is 1.41. The first kappa shape index (κ1) is 19.7. The molecule has 0 aromatic carbocycles. The Morgan fingerprint density at radius 2 is 1.67 bits per heavy atom. The van der Waals surface area contributed by atoms with Gasteiger partial charge in [-0.2, -0.15) is 0 Å². The largest absolute Gasteiger partial charge is 0.394 e. The highest BCUT2D eigenvalue weighted by molar-refractivity contribution is 5.77. The highest BCUT2D eigenvalue weighted by atomic mass is 16.3. The maximum atomic E-state index is 10.9. The molecule has 0 heterocycles. The molecule has 0 aliphatic carbocycles. The van der Waals surface area contributed by atoms with Crippen LogP contribution in [0.1, 0.15) is 52.9 Å². The first-order valence-corrected chi connectivity index (χ1v) is 6.63. The van der Waals surface area contributed by atoms with Gasteiger partial charge >= 0.3 is 0 Å². The van der Waals surface area contributed by atoms with Crippen molar-refractivity contribution >= 4 is 5.91 Å². The van der Waals surface area contributed by atoms with Crippen LogP contribution in [0.2, 0.25) is 0 Å². The number of aliphatic hydroxyl groups is 3. The van der Waals surface area contributed by atoms with Crippen molar-refractivity contribution in [3.05, 3.63) is 0 Å². The van der Waals surface area contributed by atoms with Gasteiger partial charge in [-0.05, 0) is 20.3 Å². The fraction of sp³-hybridized carbons (Fsp3) is 0.923. The molecule has 18 heavy (non-hydrogen) atoms. The van der Waals surface area contributed by atoms with E-state index in [-0.39, 0.29) is 18.4 Å². The molecule has 0 saturated heterocycles. The minimum absolute atomic E-state index is 0.139. The van der Waals surface area contributed by atoms with Gasteiger partial charge in [-0.1, -0.05) is 32.6 Å². The molecule has 0 saturated carbocycles. The van der Waals surface area contributed by atoms with Crippen LogP contribution in [0.15, 0.2) is 0 Å². The van der Waals surface area contributed by atoms with Gasteiger partial charge in [0.05, 0.1) is 24.7 Å². The third-order valence-corrected chi connectivity index (χ3v) is 2.58. The molecule has 110 valence electrons. The van der Waals surface area contributed by atoms with E-state index in [9.17, 15) is 9.90 Å². The average molecular weight is 263 g/mol. The Labute approximate surface area is 110 Å². The Balaban J connectivity index is 0. The van der Waals surface area contributed by atoms with Gasteiger partial charge in [0.2, 0.25) is 5.91 Å². The van der Waals surface area contributed by atoms with E-state index in [1.807, 2.05) is 0 Å². The molecule has 0 aromatic heterocycles. The molecule has 5 heteroatoms. The maximum absolute atomic E-state index is 10.9. The monoisotopic (exact) mass is 263 g/mol. The van der Waals surface area contributed by atoms with E-state index in [1.165, 1.54) is 19.8 Å². The number of aliphatic hydroxyl groups excluding tert-OH is 3. The number of carbonyl (C=O) groups excluding carboxylic acids is 1. The zero-order valence-corrected chi connectivity index (χ0v) is 11.8. The van der Waals surface area contributed by atoms with E-state index >= 15 is 0 Å². The van der Waals surface area contributed by atoms with Gasteiger partial charge in [-0.15, -0.1) is 0 Å². The highest BCUT2D eigenvalue weighted by Gasteiger charge is 2.19. The van der Waals surface area contributed by atoms with Crippen LogP contribution in [0.5, 0.6) is 0 Å². The van der Waals surface area contributed by atoms with Gasteiger partial charge in [0.25, 0.3) is 0 Å². The standard InChI is InChI=1S/C10H21NO2.C3H8O2/c1-3-4-5-6-7-9(8(2)12)10(11)13;1-3(5)2-4/h8-9,12H,3-7H2,1-2H3,(H2,11,13);3-5H,2H2,1H3. The van der Waals surface area contributed by atoms with Crippen LogP contribution in [0.25, 0.3) is 0 Å². The van der Waals surface area contributed by atoms with Crippen LogP contribution < -0.4 is 5.73 Å². The van der Waals surface area contributed by atoms with Gasteiger partial charge in [-0.25, -0.2) is 0 Å². The number of amides is 1. The molecule has 1 amide bonds. The molecular weight excluding hydrogens is 234 g/mol. The predicted octanol–water partition coefficient (Wildman–Crippen LogP) is 0.799. The van der Waals surface area contributed by atoms with E-state index < -0.39 is 12.2 Å². The quantitative estimate of drug-likeness (QED) is 0.486. The Morgan fingerprint density at radius 1 is 1.17 bits per heavy atom. The number of rotatable bonds is 8. The summed E-state index contributed by atoms with van der Waals surface area (Å²) >= 11 is 0. The second-order valence-electron chi connectivity index (χ2n) is 4.63. The summed E-state index contributed by atoms with van der Waals surface area (Å²) in [7, 11) is 0. The van der Waals surface area contributed by atoms with Crippen LogP contribution in [0.4, 0.5) is 0 Å². The third-order valence-electron chi connectivity index (χ3n) is 2.58. The molecule has 0 bridgehead atoms. The highest BCUT2D eigenvalue weighted by Crippen LogP contribution is 2.14. The zero-order valence-electron chi connectivity index (χ0n) is 11.8. The SMILES string of the molecule is CC(O)CO.CCCCCCC(C(N)=O)C(C)O. The van der Waals surface area contributed by atoms with Crippen molar-refractivity contribution < 1.29 is 20.1 Å². The molecule has 3 atom stereocenters. The van der Waals surface area contributed by atoms with E-state index in [0.717, 1.165) is 12.8 Å². The summed E-state index contributed by atoms with van der Waals surface area (Å²) in [6.07, 6.45) is 4.00. The van der Waals surface area contributed by atoms with E-state index in [4.69, 9.17) is 15.9 Å². The molecule has 0 aliphatic rings. The number of carbonyl (C=O) groups is 1. The lowest BCUT2D eigenvalue weighted by molar-refractivity contribution is -0.125. The van der Waals surface area contributed by atoms with Crippen LogP contribution in [-0.2, 0) is 4.79 Å². The lowest BCUT2D eigenvalue weighted by Crippen LogP contribution is -2.31. The normalized spacial score (nSPS) is 15.2. The maximum Gasteiger partial charge on any atom is 0.223 e. The van der Waals surface area contributed by atoms with Gasteiger partial charge in [0, 0.05) is 0 Å². The molecular formula is C13H29NO4. The van der Waals surface area contributed by atoms with Crippen molar-refractivity contribution in [2.75, 3.05) is 6.61 Å². The van der Waals surface area contributed by atoms with Gasteiger partial charge in [-0.3, -0.25) is 4.79 Å². The number of primary amides is 1. The Bertz CT molecular complexity index is 195. The molecule has 0 aliphatic heterocycles. The van der Waals surface area contributed by atoms with Crippen LogP contribution in [-0.4, -0.2) is 40.0 Å². The van der Waals surface area contributed by atoms with Crippen molar-refractivity contribution in [3.63, 3.8) is 0 Å². The first-order valence-electron chi connectivity index (χ1n) is 6.63. The molecule has 0 rings (SSSR count). The number of hydrogen-bond acceptors (Lipinski definition) is 4. The van der Waals surface area contributed by atoms with Crippen molar-refractivity contribution in [2.24, 2.45) is 11.7 Å². The second-order valence-corrected chi connectivity index (χ2v) is 4.63. The van der Waals surface area contributed by atoms with Crippen LogP contribution in [0, 0.1) is 5.92 Å². The van der Waals surface area contributed by atoms with Crippen molar-refractivity contribution in [3.8, 4) is 0 Å². The summed E-state index contributed by atoms with van der Waals surface area (Å²) in [5, 5.41) is 25.2. The number of nitrogens with two attached hydrogens (primary N) is 1. The van der Waals surface area contributed by atoms with Crippen molar-refractivity contribution in [2.45, 2.75) is 65.1 Å². The first-order chi connectivity index (χ1) is 8.36. The molecule has 0 aromatic rings. The lowest BCUT2D eigenvalue weighted by atomic mass is 9.95. The minimum atomic E-state index is -0.612. The van der Waals surface area contributed by atoms with Crippen molar-refractivity contribution in [1.82, 2.24) is 0 Å². The Kier molecular flexibility index (Phi) is 14.0. The van der Waals surface area contributed by atoms with E-state index in [0.29, 0.717) is 6.42 Å². The Hall–Kier alpha value is -0.650. The summed E-state index contributed by atoms with van der Waals surface area (Å²) in [6, 6.07) is 0. The van der Waals surface area contributed by atoms with Gasteiger partial charge in [0.15, 0.2) is 0 Å². The number of hydrogen-bond donors (Lipinski definition) is 4. The Morgan fingerprint density at radius 3 is 1.94 bits per heavy atom. The smallest absolute Gasteiger partial charge is 0.223 e. The molecule has 5 N–H and O–H groups in total. The molecule has 5 nitrogen and oxygen atoms in total. The molecule has 3 unspecified atom stereocenters. The third kappa shape index (κ3) is 13.4. The van der Waals surface area contributed by atoms with Gasteiger partial charge < -0.3 is 21.1 Å². The average Bonchev–Trinajstić information content (AvgIpc) is 2.28. The topological polar surface area (TPSA) is 104 Å². The summed E-state index contributed by atoms with van der Waals surface area (Å²) in [5.41, 5.74) is 5.15. The van der Waals surface area contributed by atoms with E-state index in [2.05, 4.69) is 6.92 Å². The summed E-state index contributed by atoms with van der Waals surface area (Å²) in [5.74, 6) is -0.747. The molecule has 0 spiro atoms. The predicted molar refractivity (Wildman–Crippen MR) is 71.9 cm³/mol. The van der Waals surface area contributed by atoms with E-state index in [1.54, 1.807) is 6.92 Å². The van der Waals surface area contributed by atoms with Gasteiger partial charge in [0.1, 0.15) is 0 Å². The fourth-order valence-corrected chi connectivity index (χ4v) is 1.41. The molecule has 0 fully saturated rings. The second kappa shape index (κ2) is 12.8. The lowest BCUT2D eigenvalue weighted by Gasteiger charge is -2.15. The van der Waals surface area contributed by atoms with Crippen LogP contribution >= 0.6 is 0 Å². The summed E-state index contributed by atoms with van der Waals surface area (Å²) in [4.78, 5) is 10.9. The summed E-state index contributed by atoms with van der Waals surface area (Å²) in [6.45, 7) is 5.15. The van der Waals surface area contributed by atoms with Crippen molar-refractivity contribution in [1.29, 1.82) is 0 Å². The zero-order chi connectivity index (χ0) is 14.6. The number of unbranched alkanes of at least 4 members (excludes halogenated alkanes) is 3. The van der Waals surface area contributed by atoms with Crippen LogP contribution in [0.3, 0.4) is 0 Å².